The smallest absolute Gasteiger partial charge is 0.242 e. The molecule has 0 aromatic carbocycles. The number of likely N-dealkylation sites (N-methyl/N-ethyl adjacent to an activating group) is 1. The number of aromatic nitrogens is 1. The molecule has 1 rings (SSSR count). The fourth-order valence-electron chi connectivity index (χ4n) is 1.03. The number of hydrogen-bond donors (Lipinski definition) is 2. The van der Waals surface area contributed by atoms with Crippen LogP contribution in [0.5, 0.6) is 0 Å². The number of aryl methyl sites for hydroxylation is 1. The fraction of sp³-hybridized carbons (Fsp3) is 0.400. The number of carbonyl (C=O) groups excluding carboxylic acids is 1. The summed E-state index contributed by atoms with van der Waals surface area (Å²) in [7, 11) is 1.74. The van der Waals surface area contributed by atoms with Gasteiger partial charge in [-0.3, -0.25) is 4.79 Å². The molecule has 5 heteroatoms. The van der Waals surface area contributed by atoms with Gasteiger partial charge in [0.1, 0.15) is 5.82 Å². The highest BCUT2D eigenvalue weighted by Gasteiger charge is 2.11. The summed E-state index contributed by atoms with van der Waals surface area (Å²) in [6, 6.07) is 1.68. The highest BCUT2D eigenvalue weighted by atomic mass is 79.9. The van der Waals surface area contributed by atoms with Crippen LogP contribution in [0.15, 0.2) is 16.7 Å². The largest absolute Gasteiger partial charge is 0.309 e. The van der Waals surface area contributed by atoms with Gasteiger partial charge in [0, 0.05) is 10.7 Å². The van der Waals surface area contributed by atoms with Crippen molar-refractivity contribution in [1.29, 1.82) is 0 Å². The molecule has 1 heterocycles. The second kappa shape index (κ2) is 5.23. The highest BCUT2D eigenvalue weighted by Crippen LogP contribution is 2.16. The molecule has 0 fully saturated rings. The summed E-state index contributed by atoms with van der Waals surface area (Å²) < 4.78 is 0.902. The molecule has 4 nitrogen and oxygen atoms in total. The van der Waals surface area contributed by atoms with E-state index in [0.717, 1.165) is 10.0 Å². The zero-order valence-corrected chi connectivity index (χ0v) is 10.6. The van der Waals surface area contributed by atoms with Crippen molar-refractivity contribution < 1.29 is 4.79 Å². The van der Waals surface area contributed by atoms with Crippen molar-refractivity contribution in [1.82, 2.24) is 10.3 Å². The molecule has 15 heavy (non-hydrogen) atoms. The van der Waals surface area contributed by atoms with Crippen LogP contribution in [0.25, 0.3) is 0 Å². The van der Waals surface area contributed by atoms with E-state index in [-0.39, 0.29) is 11.9 Å². The average Bonchev–Trinajstić information content (AvgIpc) is 2.20. The van der Waals surface area contributed by atoms with E-state index in [0.29, 0.717) is 5.82 Å². The lowest BCUT2D eigenvalue weighted by Crippen LogP contribution is -2.35. The van der Waals surface area contributed by atoms with E-state index in [1.54, 1.807) is 20.2 Å². The molecule has 0 aliphatic carbocycles. The quantitative estimate of drug-likeness (QED) is 0.880. The van der Waals surface area contributed by atoms with Crippen LogP contribution < -0.4 is 10.6 Å². The predicted molar refractivity (Wildman–Crippen MR) is 63.8 cm³/mol. The average molecular weight is 272 g/mol. The lowest BCUT2D eigenvalue weighted by atomic mass is 10.2. The van der Waals surface area contributed by atoms with Gasteiger partial charge in [0.2, 0.25) is 5.91 Å². The van der Waals surface area contributed by atoms with E-state index in [1.165, 1.54) is 0 Å². The molecule has 0 aliphatic heterocycles. The molecule has 0 saturated carbocycles. The van der Waals surface area contributed by atoms with Crippen LogP contribution in [0.3, 0.4) is 0 Å². The van der Waals surface area contributed by atoms with Crippen molar-refractivity contribution in [3.8, 4) is 0 Å². The van der Waals surface area contributed by atoms with E-state index < -0.39 is 0 Å². The Morgan fingerprint density at radius 2 is 2.27 bits per heavy atom. The third-order valence-corrected chi connectivity index (χ3v) is 2.55. The molecule has 1 unspecified atom stereocenters. The number of nitrogens with zero attached hydrogens (tertiary/aromatic N) is 1. The first-order chi connectivity index (χ1) is 7.04. The second-order valence-corrected chi connectivity index (χ2v) is 4.23. The Bertz CT molecular complexity index is 368. The topological polar surface area (TPSA) is 54.0 Å². The van der Waals surface area contributed by atoms with Crippen LogP contribution in [-0.4, -0.2) is 24.0 Å². The van der Waals surface area contributed by atoms with Crippen molar-refractivity contribution in [2.45, 2.75) is 19.9 Å². The summed E-state index contributed by atoms with van der Waals surface area (Å²) in [5.41, 5.74) is 0.932. The molecule has 1 aromatic heterocycles. The molecule has 0 aliphatic rings. The minimum absolute atomic E-state index is 0.0876. The van der Waals surface area contributed by atoms with E-state index in [4.69, 9.17) is 0 Å². The lowest BCUT2D eigenvalue weighted by molar-refractivity contribution is -0.117. The van der Waals surface area contributed by atoms with Crippen molar-refractivity contribution in [2.24, 2.45) is 0 Å². The van der Waals surface area contributed by atoms with Crippen LogP contribution >= 0.6 is 15.9 Å². The van der Waals surface area contributed by atoms with Gasteiger partial charge in [-0.15, -0.1) is 0 Å². The Hall–Kier alpha value is -0.940. The van der Waals surface area contributed by atoms with Crippen LogP contribution in [0.2, 0.25) is 0 Å². The second-order valence-electron chi connectivity index (χ2n) is 3.32. The maximum Gasteiger partial charge on any atom is 0.242 e. The Morgan fingerprint density at radius 1 is 1.60 bits per heavy atom. The standard InChI is InChI=1S/C10H14BrN3O/c1-6-4-8(11)5-13-9(6)14-10(15)7(2)12-3/h4-5,7,12H,1-3H3,(H,13,14,15). The molecule has 1 aromatic rings. The molecule has 2 N–H and O–H groups in total. The van der Waals surface area contributed by atoms with E-state index in [1.807, 2.05) is 13.0 Å². The number of rotatable bonds is 3. The Labute approximate surface area is 97.6 Å². The number of amides is 1. The fourth-order valence-corrected chi connectivity index (χ4v) is 1.47. The van der Waals surface area contributed by atoms with Gasteiger partial charge in [-0.2, -0.15) is 0 Å². The Morgan fingerprint density at radius 3 is 2.80 bits per heavy atom. The Kier molecular flexibility index (Phi) is 4.23. The molecular weight excluding hydrogens is 258 g/mol. The minimum atomic E-state index is -0.227. The van der Waals surface area contributed by atoms with Crippen molar-refractivity contribution >= 4 is 27.7 Å². The highest BCUT2D eigenvalue weighted by molar-refractivity contribution is 9.10. The van der Waals surface area contributed by atoms with Gasteiger partial charge in [0.05, 0.1) is 6.04 Å². The number of carbonyl (C=O) groups is 1. The van der Waals surface area contributed by atoms with Crippen molar-refractivity contribution in [3.63, 3.8) is 0 Å². The van der Waals surface area contributed by atoms with E-state index in [9.17, 15) is 4.79 Å². The minimum Gasteiger partial charge on any atom is -0.309 e. The van der Waals surface area contributed by atoms with Gasteiger partial charge in [-0.25, -0.2) is 4.98 Å². The number of pyridine rings is 1. The monoisotopic (exact) mass is 271 g/mol. The maximum atomic E-state index is 11.6. The summed E-state index contributed by atoms with van der Waals surface area (Å²) in [6.45, 7) is 3.70. The summed E-state index contributed by atoms with van der Waals surface area (Å²) in [5, 5.41) is 5.62. The van der Waals surface area contributed by atoms with Gasteiger partial charge in [0.15, 0.2) is 0 Å². The maximum absolute atomic E-state index is 11.6. The van der Waals surface area contributed by atoms with Gasteiger partial charge >= 0.3 is 0 Å². The third kappa shape index (κ3) is 3.28. The van der Waals surface area contributed by atoms with Crippen molar-refractivity contribution in [3.05, 3.63) is 22.3 Å². The molecule has 0 bridgehead atoms. The van der Waals surface area contributed by atoms with Crippen LogP contribution in [-0.2, 0) is 4.79 Å². The number of hydrogen-bond acceptors (Lipinski definition) is 3. The summed E-state index contributed by atoms with van der Waals surface area (Å²) in [6.07, 6.45) is 1.66. The SMILES string of the molecule is CNC(C)C(=O)Nc1ncc(Br)cc1C. The Balaban J connectivity index is 2.77. The molecule has 82 valence electrons. The van der Waals surface area contributed by atoms with Gasteiger partial charge in [-0.05, 0) is 48.5 Å². The van der Waals surface area contributed by atoms with Crippen LogP contribution in [0, 0.1) is 6.92 Å². The predicted octanol–water partition coefficient (Wildman–Crippen LogP) is 1.70. The summed E-state index contributed by atoms with van der Waals surface area (Å²) in [4.78, 5) is 15.7. The molecule has 0 radical (unpaired) electrons. The van der Waals surface area contributed by atoms with Gasteiger partial charge in [-0.1, -0.05) is 0 Å². The normalized spacial score (nSPS) is 12.3. The van der Waals surface area contributed by atoms with Gasteiger partial charge in [0.25, 0.3) is 0 Å². The molecule has 0 saturated heterocycles. The first-order valence-electron chi connectivity index (χ1n) is 4.65. The lowest BCUT2D eigenvalue weighted by Gasteiger charge is -2.11. The molecular formula is C10H14BrN3O. The summed E-state index contributed by atoms with van der Waals surface area (Å²) in [5.74, 6) is 0.515. The molecule has 1 amide bonds. The summed E-state index contributed by atoms with van der Waals surface area (Å²) >= 11 is 3.32. The number of nitrogens with one attached hydrogen (secondary N) is 2. The molecule has 0 spiro atoms. The van der Waals surface area contributed by atoms with Crippen molar-refractivity contribution in [2.75, 3.05) is 12.4 Å². The van der Waals surface area contributed by atoms with E-state index >= 15 is 0 Å². The van der Waals surface area contributed by atoms with Crippen LogP contribution in [0.1, 0.15) is 12.5 Å². The first-order valence-corrected chi connectivity index (χ1v) is 5.44. The number of anilines is 1. The van der Waals surface area contributed by atoms with E-state index in [2.05, 4.69) is 31.5 Å². The zero-order valence-electron chi connectivity index (χ0n) is 8.97. The zero-order chi connectivity index (χ0) is 11.4. The van der Waals surface area contributed by atoms with Crippen LogP contribution in [0.4, 0.5) is 5.82 Å². The molecule has 1 atom stereocenters. The third-order valence-electron chi connectivity index (χ3n) is 2.11. The number of halogens is 1. The first kappa shape index (κ1) is 12.1. The van der Waals surface area contributed by atoms with Gasteiger partial charge < -0.3 is 10.6 Å².